The van der Waals surface area contributed by atoms with Crippen molar-refractivity contribution >= 4 is 15.7 Å². The summed E-state index contributed by atoms with van der Waals surface area (Å²) in [4.78, 5) is 3.85. The first-order chi connectivity index (χ1) is 8.30. The van der Waals surface area contributed by atoms with E-state index < -0.39 is 10.0 Å². The third-order valence-electron chi connectivity index (χ3n) is 3.35. The number of sulfonamides is 1. The molecule has 3 N–H and O–H groups in total. The third kappa shape index (κ3) is 2.81. The molecule has 1 unspecified atom stereocenters. The summed E-state index contributed by atoms with van der Waals surface area (Å²) in [6.07, 6.45) is 4.17. The normalized spacial score (nSPS) is 23.1. The van der Waals surface area contributed by atoms with Gasteiger partial charge in [-0.1, -0.05) is 13.8 Å². The lowest BCUT2D eigenvalue weighted by Crippen LogP contribution is -2.34. The first kappa shape index (κ1) is 13.3. The Morgan fingerprint density at radius 2 is 2.22 bits per heavy atom. The second-order valence-corrected chi connectivity index (χ2v) is 7.25. The van der Waals surface area contributed by atoms with E-state index in [1.165, 1.54) is 6.20 Å². The van der Waals surface area contributed by atoms with Gasteiger partial charge in [0.15, 0.2) is 5.03 Å². The third-order valence-corrected chi connectivity index (χ3v) is 4.84. The number of pyridine rings is 1. The van der Waals surface area contributed by atoms with E-state index >= 15 is 0 Å². The van der Waals surface area contributed by atoms with Crippen molar-refractivity contribution in [1.82, 2.24) is 9.71 Å². The fourth-order valence-corrected chi connectivity index (χ4v) is 3.77. The second-order valence-electron chi connectivity index (χ2n) is 5.62. The maximum absolute atomic E-state index is 12.2. The van der Waals surface area contributed by atoms with Crippen LogP contribution in [-0.4, -0.2) is 19.4 Å². The van der Waals surface area contributed by atoms with Gasteiger partial charge < -0.3 is 5.73 Å². The molecular weight excluding hydrogens is 250 g/mol. The minimum atomic E-state index is -3.61. The summed E-state index contributed by atoms with van der Waals surface area (Å²) in [7, 11) is -3.61. The van der Waals surface area contributed by atoms with Gasteiger partial charge in [-0.05, 0) is 36.8 Å². The number of nitrogens with one attached hydrogen (secondary N) is 1. The van der Waals surface area contributed by atoms with Crippen LogP contribution in [0.4, 0.5) is 5.69 Å². The van der Waals surface area contributed by atoms with Gasteiger partial charge >= 0.3 is 0 Å². The number of hydrogen-bond donors (Lipinski definition) is 2. The molecule has 0 bridgehead atoms. The molecule has 1 aromatic rings. The monoisotopic (exact) mass is 269 g/mol. The van der Waals surface area contributed by atoms with Gasteiger partial charge in [0, 0.05) is 12.2 Å². The Morgan fingerprint density at radius 3 is 2.78 bits per heavy atom. The van der Waals surface area contributed by atoms with Crippen molar-refractivity contribution in [2.45, 2.75) is 44.2 Å². The van der Waals surface area contributed by atoms with Crippen molar-refractivity contribution in [2.24, 2.45) is 5.41 Å². The summed E-state index contributed by atoms with van der Waals surface area (Å²) in [6.45, 7) is 4.30. The van der Waals surface area contributed by atoms with Crippen molar-refractivity contribution in [2.75, 3.05) is 5.73 Å². The molecule has 0 amide bonds. The molecule has 0 radical (unpaired) electrons. The highest BCUT2D eigenvalue weighted by molar-refractivity contribution is 7.89. The summed E-state index contributed by atoms with van der Waals surface area (Å²) in [5.74, 6) is 0. The van der Waals surface area contributed by atoms with E-state index in [4.69, 9.17) is 5.73 Å². The summed E-state index contributed by atoms with van der Waals surface area (Å²) >= 11 is 0. The molecule has 1 heterocycles. The Bertz CT molecular complexity index is 540. The summed E-state index contributed by atoms with van der Waals surface area (Å²) in [5, 5.41) is -0.0743. The van der Waals surface area contributed by atoms with Crippen molar-refractivity contribution in [3.05, 3.63) is 18.3 Å². The molecular formula is C12H19N3O2S. The number of aromatic nitrogens is 1. The molecule has 2 rings (SSSR count). The number of rotatable bonds is 3. The Balaban J connectivity index is 2.17. The molecule has 1 aliphatic carbocycles. The van der Waals surface area contributed by atoms with Crippen LogP contribution in [0, 0.1) is 5.41 Å². The van der Waals surface area contributed by atoms with Crippen LogP contribution in [0.1, 0.15) is 33.1 Å². The van der Waals surface area contributed by atoms with E-state index in [1.54, 1.807) is 12.1 Å². The van der Waals surface area contributed by atoms with E-state index in [-0.39, 0.29) is 22.2 Å². The molecule has 1 atom stereocenters. The van der Waals surface area contributed by atoms with E-state index in [9.17, 15) is 8.42 Å². The van der Waals surface area contributed by atoms with Crippen LogP contribution in [0.25, 0.3) is 0 Å². The number of hydrogen-bond acceptors (Lipinski definition) is 4. The van der Waals surface area contributed by atoms with Gasteiger partial charge in [0.2, 0.25) is 0 Å². The second kappa shape index (κ2) is 4.51. The number of anilines is 1. The van der Waals surface area contributed by atoms with Crippen LogP contribution in [0.2, 0.25) is 0 Å². The smallest absolute Gasteiger partial charge is 0.260 e. The van der Waals surface area contributed by atoms with Crippen LogP contribution < -0.4 is 10.5 Å². The van der Waals surface area contributed by atoms with Gasteiger partial charge in [-0.3, -0.25) is 0 Å². The number of nitrogen functional groups attached to an aromatic ring is 1. The van der Waals surface area contributed by atoms with Gasteiger partial charge in [-0.25, -0.2) is 18.1 Å². The Morgan fingerprint density at radius 1 is 1.50 bits per heavy atom. The molecule has 1 fully saturated rings. The van der Waals surface area contributed by atoms with E-state index in [2.05, 4.69) is 23.6 Å². The summed E-state index contributed by atoms with van der Waals surface area (Å²) in [5.41, 5.74) is 6.03. The largest absolute Gasteiger partial charge is 0.396 e. The Kier molecular flexibility index (Phi) is 3.33. The molecule has 0 aromatic carbocycles. The molecule has 1 saturated carbocycles. The molecule has 0 aliphatic heterocycles. The zero-order chi connectivity index (χ0) is 13.4. The van der Waals surface area contributed by atoms with E-state index in [1.807, 2.05) is 0 Å². The van der Waals surface area contributed by atoms with Crippen LogP contribution in [0.15, 0.2) is 23.4 Å². The maximum atomic E-state index is 12.2. The highest BCUT2D eigenvalue weighted by atomic mass is 32.2. The van der Waals surface area contributed by atoms with Gasteiger partial charge in [0.05, 0.1) is 5.69 Å². The Hall–Kier alpha value is -1.14. The van der Waals surface area contributed by atoms with Crippen molar-refractivity contribution in [1.29, 1.82) is 0 Å². The molecule has 1 aromatic heterocycles. The fraction of sp³-hybridized carbons (Fsp3) is 0.583. The minimum Gasteiger partial charge on any atom is -0.396 e. The molecule has 5 nitrogen and oxygen atoms in total. The van der Waals surface area contributed by atoms with E-state index in [0.29, 0.717) is 0 Å². The van der Waals surface area contributed by atoms with Crippen LogP contribution in [0.3, 0.4) is 0 Å². The molecule has 0 saturated heterocycles. The zero-order valence-corrected chi connectivity index (χ0v) is 11.5. The molecule has 18 heavy (non-hydrogen) atoms. The topological polar surface area (TPSA) is 85.1 Å². The lowest BCUT2D eigenvalue weighted by atomic mass is 9.92. The van der Waals surface area contributed by atoms with Crippen molar-refractivity contribution in [3.63, 3.8) is 0 Å². The van der Waals surface area contributed by atoms with E-state index in [0.717, 1.165) is 19.3 Å². The first-order valence-electron chi connectivity index (χ1n) is 6.03. The van der Waals surface area contributed by atoms with Gasteiger partial charge in [0.25, 0.3) is 10.0 Å². The van der Waals surface area contributed by atoms with Crippen LogP contribution in [0.5, 0.6) is 0 Å². The SMILES string of the molecule is CC1(C)CCC(NS(=O)(=O)c2ncccc2N)C1. The highest BCUT2D eigenvalue weighted by Gasteiger charge is 2.34. The summed E-state index contributed by atoms with van der Waals surface area (Å²) in [6, 6.07) is 3.14. The number of nitrogens with two attached hydrogens (primary N) is 1. The average Bonchev–Trinajstić information content (AvgIpc) is 2.57. The summed E-state index contributed by atoms with van der Waals surface area (Å²) < 4.78 is 27.0. The highest BCUT2D eigenvalue weighted by Crippen LogP contribution is 2.37. The van der Waals surface area contributed by atoms with Crippen molar-refractivity contribution < 1.29 is 8.42 Å². The quantitative estimate of drug-likeness (QED) is 0.871. The molecule has 6 heteroatoms. The first-order valence-corrected chi connectivity index (χ1v) is 7.51. The fourth-order valence-electron chi connectivity index (χ4n) is 2.44. The molecule has 0 spiro atoms. The van der Waals surface area contributed by atoms with Crippen molar-refractivity contribution in [3.8, 4) is 0 Å². The van der Waals surface area contributed by atoms with Gasteiger partial charge in [-0.15, -0.1) is 0 Å². The van der Waals surface area contributed by atoms with Crippen LogP contribution >= 0.6 is 0 Å². The molecule has 1 aliphatic rings. The minimum absolute atomic E-state index is 0.0218. The van der Waals surface area contributed by atoms with Gasteiger partial charge in [0.1, 0.15) is 0 Å². The molecule has 100 valence electrons. The maximum Gasteiger partial charge on any atom is 0.260 e. The predicted octanol–water partition coefficient (Wildman–Crippen LogP) is 1.52. The van der Waals surface area contributed by atoms with Crippen LogP contribution in [-0.2, 0) is 10.0 Å². The lowest BCUT2D eigenvalue weighted by Gasteiger charge is -2.18. The zero-order valence-electron chi connectivity index (χ0n) is 10.7. The standard InChI is InChI=1S/C12H19N3O2S/c1-12(2)6-5-9(8-12)15-18(16,17)11-10(13)4-3-7-14-11/h3-4,7,9,15H,5-6,8,13H2,1-2H3. The average molecular weight is 269 g/mol. The number of nitrogens with zero attached hydrogens (tertiary/aromatic N) is 1. The lowest BCUT2D eigenvalue weighted by molar-refractivity contribution is 0.372. The predicted molar refractivity (Wildman–Crippen MR) is 70.4 cm³/mol. The Labute approximate surface area is 108 Å². The van der Waals surface area contributed by atoms with Gasteiger partial charge in [-0.2, -0.15) is 0 Å².